The number of hydrogen-bond acceptors (Lipinski definition) is 3. The summed E-state index contributed by atoms with van der Waals surface area (Å²) in [7, 11) is 0. The Kier molecular flexibility index (Phi) is 4.14. The van der Waals surface area contributed by atoms with Crippen molar-refractivity contribution in [2.75, 3.05) is 0 Å². The van der Waals surface area contributed by atoms with Crippen LogP contribution in [0.3, 0.4) is 0 Å². The normalized spacial score (nSPS) is 12.4. The van der Waals surface area contributed by atoms with Crippen molar-refractivity contribution in [3.05, 3.63) is 63.6 Å². The number of pyridine rings is 1. The van der Waals surface area contributed by atoms with Crippen LogP contribution in [0.15, 0.2) is 36.5 Å². The molecule has 2 rings (SSSR count). The number of nitrogens with one attached hydrogen (secondary N) is 1. The summed E-state index contributed by atoms with van der Waals surface area (Å²) in [5, 5.41) is 0.841. The summed E-state index contributed by atoms with van der Waals surface area (Å²) in [6, 6.07) is 7.10. The van der Waals surface area contributed by atoms with Crippen molar-refractivity contribution in [1.29, 1.82) is 0 Å². The van der Waals surface area contributed by atoms with Gasteiger partial charge in [-0.1, -0.05) is 35.3 Å². The topological polar surface area (TPSA) is 50.9 Å². The quantitative estimate of drug-likeness (QED) is 0.673. The zero-order valence-electron chi connectivity index (χ0n) is 9.20. The number of aromatic nitrogens is 1. The standard InChI is InChI=1S/C12H10Cl2FN3/c13-8-5-10(14)12(17-6-8)11(18-16)7-1-3-9(15)4-2-7/h1-6,11,18H,16H2. The van der Waals surface area contributed by atoms with Crippen LogP contribution >= 0.6 is 23.2 Å². The molecule has 0 radical (unpaired) electrons. The summed E-state index contributed by atoms with van der Waals surface area (Å²) < 4.78 is 12.9. The molecule has 2 aromatic rings. The summed E-state index contributed by atoms with van der Waals surface area (Å²) in [5.41, 5.74) is 3.90. The molecule has 0 saturated carbocycles. The maximum absolute atomic E-state index is 12.9. The smallest absolute Gasteiger partial charge is 0.123 e. The fourth-order valence-electron chi connectivity index (χ4n) is 1.63. The highest BCUT2D eigenvalue weighted by molar-refractivity contribution is 6.34. The first-order valence-corrected chi connectivity index (χ1v) is 5.90. The number of rotatable bonds is 3. The van der Waals surface area contributed by atoms with E-state index in [0.29, 0.717) is 15.7 Å². The van der Waals surface area contributed by atoms with Crippen LogP contribution in [0.5, 0.6) is 0 Å². The van der Waals surface area contributed by atoms with E-state index in [0.717, 1.165) is 5.56 Å². The second kappa shape index (κ2) is 5.63. The van der Waals surface area contributed by atoms with Crippen molar-refractivity contribution in [1.82, 2.24) is 10.4 Å². The fraction of sp³-hybridized carbons (Fsp3) is 0.0833. The van der Waals surface area contributed by atoms with Gasteiger partial charge in [-0.25, -0.2) is 9.82 Å². The van der Waals surface area contributed by atoms with Crippen molar-refractivity contribution < 1.29 is 4.39 Å². The van der Waals surface area contributed by atoms with Gasteiger partial charge in [-0.3, -0.25) is 10.8 Å². The summed E-state index contributed by atoms with van der Waals surface area (Å²) in [5.74, 6) is 5.19. The molecule has 6 heteroatoms. The molecule has 0 amide bonds. The second-order valence-electron chi connectivity index (χ2n) is 3.67. The number of nitrogens with zero attached hydrogens (tertiary/aromatic N) is 1. The largest absolute Gasteiger partial charge is 0.271 e. The van der Waals surface area contributed by atoms with Crippen LogP contribution in [0.1, 0.15) is 17.3 Å². The second-order valence-corrected chi connectivity index (χ2v) is 4.52. The van der Waals surface area contributed by atoms with Crippen LogP contribution in [0.4, 0.5) is 4.39 Å². The van der Waals surface area contributed by atoms with Gasteiger partial charge >= 0.3 is 0 Å². The fourth-order valence-corrected chi connectivity index (χ4v) is 2.12. The molecule has 1 aromatic carbocycles. The van der Waals surface area contributed by atoms with Crippen molar-refractivity contribution in [2.45, 2.75) is 6.04 Å². The van der Waals surface area contributed by atoms with E-state index in [4.69, 9.17) is 29.0 Å². The van der Waals surface area contributed by atoms with Gasteiger partial charge in [0.1, 0.15) is 5.82 Å². The van der Waals surface area contributed by atoms with E-state index >= 15 is 0 Å². The molecule has 0 aliphatic rings. The van der Waals surface area contributed by atoms with Gasteiger partial charge in [0.2, 0.25) is 0 Å². The Bertz CT molecular complexity index is 546. The van der Waals surface area contributed by atoms with Crippen LogP contribution in [0.25, 0.3) is 0 Å². The molecule has 0 aliphatic carbocycles. The Morgan fingerprint density at radius 2 is 1.89 bits per heavy atom. The first-order chi connectivity index (χ1) is 8.61. The molecule has 0 spiro atoms. The third kappa shape index (κ3) is 2.79. The zero-order valence-corrected chi connectivity index (χ0v) is 10.7. The maximum Gasteiger partial charge on any atom is 0.123 e. The van der Waals surface area contributed by atoms with Crippen molar-refractivity contribution >= 4 is 23.2 Å². The predicted octanol–water partition coefficient (Wildman–Crippen LogP) is 3.08. The molecule has 18 heavy (non-hydrogen) atoms. The van der Waals surface area contributed by atoms with Crippen molar-refractivity contribution in [2.24, 2.45) is 5.84 Å². The van der Waals surface area contributed by atoms with Crippen LogP contribution in [-0.4, -0.2) is 4.98 Å². The molecule has 3 N–H and O–H groups in total. The van der Waals surface area contributed by atoms with Crippen LogP contribution in [0, 0.1) is 5.82 Å². The highest BCUT2D eigenvalue weighted by atomic mass is 35.5. The molecular weight excluding hydrogens is 276 g/mol. The van der Waals surface area contributed by atoms with Crippen LogP contribution in [0.2, 0.25) is 10.0 Å². The van der Waals surface area contributed by atoms with Gasteiger partial charge < -0.3 is 0 Å². The Balaban J connectivity index is 2.41. The molecular formula is C12H10Cl2FN3. The van der Waals surface area contributed by atoms with Crippen LogP contribution < -0.4 is 11.3 Å². The van der Waals surface area contributed by atoms with Gasteiger partial charge in [0, 0.05) is 6.20 Å². The lowest BCUT2D eigenvalue weighted by Gasteiger charge is -2.17. The molecule has 0 saturated heterocycles. The number of nitrogens with two attached hydrogens (primary N) is 1. The van der Waals surface area contributed by atoms with E-state index in [1.807, 2.05) is 0 Å². The highest BCUT2D eigenvalue weighted by Crippen LogP contribution is 2.27. The van der Waals surface area contributed by atoms with Gasteiger partial charge in [-0.2, -0.15) is 0 Å². The number of halogens is 3. The lowest BCUT2D eigenvalue weighted by Crippen LogP contribution is -2.29. The van der Waals surface area contributed by atoms with Crippen molar-refractivity contribution in [3.8, 4) is 0 Å². The van der Waals surface area contributed by atoms with Gasteiger partial charge in [-0.05, 0) is 23.8 Å². The lowest BCUT2D eigenvalue weighted by molar-refractivity contribution is 0.608. The highest BCUT2D eigenvalue weighted by Gasteiger charge is 2.17. The summed E-state index contributed by atoms with van der Waals surface area (Å²) in [4.78, 5) is 4.15. The molecule has 1 aromatic heterocycles. The Hall–Kier alpha value is -1.20. The minimum atomic E-state index is -0.421. The Labute approximate surface area is 114 Å². The maximum atomic E-state index is 12.9. The van der Waals surface area contributed by atoms with E-state index in [1.54, 1.807) is 18.2 Å². The van der Waals surface area contributed by atoms with Gasteiger partial charge in [0.25, 0.3) is 0 Å². The van der Waals surface area contributed by atoms with Gasteiger partial charge in [0.05, 0.1) is 21.8 Å². The van der Waals surface area contributed by atoms with E-state index < -0.39 is 6.04 Å². The van der Waals surface area contributed by atoms with E-state index in [1.165, 1.54) is 18.3 Å². The predicted molar refractivity (Wildman–Crippen MR) is 69.8 cm³/mol. The average Bonchev–Trinajstić information content (AvgIpc) is 2.35. The third-order valence-corrected chi connectivity index (χ3v) is 2.99. The molecule has 3 nitrogen and oxygen atoms in total. The van der Waals surface area contributed by atoms with Crippen LogP contribution in [-0.2, 0) is 0 Å². The minimum Gasteiger partial charge on any atom is -0.271 e. The zero-order chi connectivity index (χ0) is 13.1. The third-order valence-electron chi connectivity index (χ3n) is 2.48. The molecule has 1 unspecified atom stereocenters. The van der Waals surface area contributed by atoms with E-state index in [-0.39, 0.29) is 5.82 Å². The lowest BCUT2D eigenvalue weighted by atomic mass is 10.0. The summed E-state index contributed by atoms with van der Waals surface area (Å²) in [6.45, 7) is 0. The number of hydrogen-bond donors (Lipinski definition) is 2. The molecule has 94 valence electrons. The summed E-state index contributed by atoms with van der Waals surface area (Å²) >= 11 is 11.9. The minimum absolute atomic E-state index is 0.315. The average molecular weight is 286 g/mol. The molecule has 0 fully saturated rings. The first-order valence-electron chi connectivity index (χ1n) is 5.14. The number of benzene rings is 1. The molecule has 0 bridgehead atoms. The SMILES string of the molecule is NNC(c1ccc(F)cc1)c1ncc(Cl)cc1Cl. The Morgan fingerprint density at radius 3 is 2.44 bits per heavy atom. The van der Waals surface area contributed by atoms with Gasteiger partial charge in [0.15, 0.2) is 0 Å². The molecule has 1 atom stereocenters. The Morgan fingerprint density at radius 1 is 1.22 bits per heavy atom. The van der Waals surface area contributed by atoms with Crippen molar-refractivity contribution in [3.63, 3.8) is 0 Å². The first kappa shape index (κ1) is 13.2. The van der Waals surface area contributed by atoms with E-state index in [2.05, 4.69) is 10.4 Å². The van der Waals surface area contributed by atoms with Gasteiger partial charge in [-0.15, -0.1) is 0 Å². The molecule has 0 aliphatic heterocycles. The molecule has 1 heterocycles. The number of hydrazine groups is 1. The summed E-state index contributed by atoms with van der Waals surface area (Å²) in [6.07, 6.45) is 1.48. The van der Waals surface area contributed by atoms with E-state index in [9.17, 15) is 4.39 Å². The monoisotopic (exact) mass is 285 g/mol.